The van der Waals surface area contributed by atoms with Gasteiger partial charge < -0.3 is 4.42 Å². The molecule has 13 heavy (non-hydrogen) atoms. The summed E-state index contributed by atoms with van der Waals surface area (Å²) in [4.78, 5) is 10.4. The summed E-state index contributed by atoms with van der Waals surface area (Å²) in [7, 11) is 0. The Labute approximate surface area is 77.9 Å². The number of rotatable bonds is 1. The molecule has 1 aromatic heterocycles. The normalized spacial score (nSPS) is 10.6. The number of hydrogen-bond donors (Lipinski definition) is 0. The van der Waals surface area contributed by atoms with Gasteiger partial charge in [-0.2, -0.15) is 0 Å². The van der Waals surface area contributed by atoms with Gasteiger partial charge in [-0.15, -0.1) is 0 Å². The topological polar surface area (TPSA) is 30.2 Å². The van der Waals surface area contributed by atoms with Crippen LogP contribution in [0.4, 0.5) is 4.39 Å². The molecular weight excluding hydrogens is 195 g/mol. The summed E-state index contributed by atoms with van der Waals surface area (Å²) in [6.07, 6.45) is 0.500. The summed E-state index contributed by atoms with van der Waals surface area (Å²) in [6.45, 7) is 0. The standard InChI is InChI=1S/C9H4ClFO2/c10-9-6-3-5(11)1-2-7(6)13-8(9)4-12/h1-4H. The Hall–Kier alpha value is -1.35. The van der Waals surface area contributed by atoms with Gasteiger partial charge in [-0.1, -0.05) is 11.6 Å². The molecule has 0 unspecified atom stereocenters. The van der Waals surface area contributed by atoms with Crippen molar-refractivity contribution in [1.82, 2.24) is 0 Å². The van der Waals surface area contributed by atoms with E-state index in [-0.39, 0.29) is 10.8 Å². The minimum absolute atomic E-state index is 0.0299. The molecule has 0 radical (unpaired) electrons. The van der Waals surface area contributed by atoms with Crippen LogP contribution in [0.25, 0.3) is 11.0 Å². The Bertz CT molecular complexity index is 476. The molecule has 4 heteroatoms. The fraction of sp³-hybridized carbons (Fsp3) is 0. The highest BCUT2D eigenvalue weighted by molar-refractivity contribution is 6.37. The summed E-state index contributed by atoms with van der Waals surface area (Å²) >= 11 is 5.74. The third-order valence-corrected chi connectivity index (χ3v) is 2.11. The van der Waals surface area contributed by atoms with Crippen molar-refractivity contribution >= 4 is 28.9 Å². The first-order chi connectivity index (χ1) is 6.22. The summed E-state index contributed by atoms with van der Waals surface area (Å²) in [5.41, 5.74) is 0.411. The molecule has 1 aromatic carbocycles. The summed E-state index contributed by atoms with van der Waals surface area (Å²) in [6, 6.07) is 3.91. The maximum atomic E-state index is 12.7. The highest BCUT2D eigenvalue weighted by Crippen LogP contribution is 2.29. The predicted molar refractivity (Wildman–Crippen MR) is 46.6 cm³/mol. The number of furan rings is 1. The van der Waals surface area contributed by atoms with E-state index < -0.39 is 5.82 Å². The Balaban J connectivity index is 2.84. The Morgan fingerprint density at radius 3 is 2.92 bits per heavy atom. The van der Waals surface area contributed by atoms with Crippen molar-refractivity contribution < 1.29 is 13.6 Å². The minimum atomic E-state index is -0.410. The lowest BCUT2D eigenvalue weighted by Gasteiger charge is -1.87. The van der Waals surface area contributed by atoms with Gasteiger partial charge in [0.15, 0.2) is 12.0 Å². The van der Waals surface area contributed by atoms with E-state index in [1.165, 1.54) is 18.2 Å². The third kappa shape index (κ3) is 1.21. The van der Waals surface area contributed by atoms with Crippen LogP contribution in [0.2, 0.25) is 5.02 Å². The van der Waals surface area contributed by atoms with Crippen molar-refractivity contribution in [3.05, 3.63) is 34.8 Å². The van der Waals surface area contributed by atoms with E-state index in [4.69, 9.17) is 16.0 Å². The number of hydrogen-bond acceptors (Lipinski definition) is 2. The fourth-order valence-electron chi connectivity index (χ4n) is 1.13. The maximum Gasteiger partial charge on any atom is 0.186 e. The first kappa shape index (κ1) is 8.26. The zero-order valence-electron chi connectivity index (χ0n) is 6.38. The lowest BCUT2D eigenvalue weighted by atomic mass is 10.2. The zero-order valence-corrected chi connectivity index (χ0v) is 7.14. The Morgan fingerprint density at radius 2 is 2.23 bits per heavy atom. The lowest BCUT2D eigenvalue weighted by molar-refractivity contribution is 0.110. The Morgan fingerprint density at radius 1 is 1.46 bits per heavy atom. The van der Waals surface area contributed by atoms with Gasteiger partial charge in [-0.25, -0.2) is 4.39 Å². The number of halogens is 2. The number of benzene rings is 1. The van der Waals surface area contributed by atoms with Crippen LogP contribution in [0.3, 0.4) is 0 Å². The van der Waals surface area contributed by atoms with Crippen molar-refractivity contribution in [2.24, 2.45) is 0 Å². The van der Waals surface area contributed by atoms with Crippen LogP contribution < -0.4 is 0 Å². The minimum Gasteiger partial charge on any atom is -0.452 e. The second kappa shape index (κ2) is 2.85. The van der Waals surface area contributed by atoms with Crippen LogP contribution in [0.5, 0.6) is 0 Å². The van der Waals surface area contributed by atoms with Gasteiger partial charge in [0, 0.05) is 5.39 Å². The van der Waals surface area contributed by atoms with Gasteiger partial charge in [0.2, 0.25) is 0 Å². The Kier molecular flexibility index (Phi) is 1.81. The van der Waals surface area contributed by atoms with Crippen LogP contribution in [0.15, 0.2) is 22.6 Å². The van der Waals surface area contributed by atoms with E-state index in [1.807, 2.05) is 0 Å². The van der Waals surface area contributed by atoms with Crippen molar-refractivity contribution in [2.45, 2.75) is 0 Å². The van der Waals surface area contributed by atoms with E-state index in [9.17, 15) is 9.18 Å². The van der Waals surface area contributed by atoms with E-state index >= 15 is 0 Å². The van der Waals surface area contributed by atoms with Gasteiger partial charge in [-0.05, 0) is 18.2 Å². The highest BCUT2D eigenvalue weighted by Gasteiger charge is 2.11. The second-order valence-electron chi connectivity index (χ2n) is 2.54. The van der Waals surface area contributed by atoms with Gasteiger partial charge in [-0.3, -0.25) is 4.79 Å². The SMILES string of the molecule is O=Cc1oc2ccc(F)cc2c1Cl. The summed E-state index contributed by atoms with van der Waals surface area (Å²) in [5.74, 6) is -0.380. The first-order valence-electron chi connectivity index (χ1n) is 3.55. The lowest BCUT2D eigenvalue weighted by Crippen LogP contribution is -1.72. The van der Waals surface area contributed by atoms with Crippen molar-refractivity contribution in [3.8, 4) is 0 Å². The molecule has 2 aromatic rings. The van der Waals surface area contributed by atoms with E-state index in [1.54, 1.807) is 0 Å². The fourth-order valence-corrected chi connectivity index (χ4v) is 1.37. The molecule has 0 N–H and O–H groups in total. The molecule has 1 heterocycles. The highest BCUT2D eigenvalue weighted by atomic mass is 35.5. The predicted octanol–water partition coefficient (Wildman–Crippen LogP) is 3.04. The van der Waals surface area contributed by atoms with E-state index in [2.05, 4.69) is 0 Å². The molecule has 0 bridgehead atoms. The second-order valence-corrected chi connectivity index (χ2v) is 2.92. The molecule has 0 saturated carbocycles. The van der Waals surface area contributed by atoms with Gasteiger partial charge >= 0.3 is 0 Å². The molecular formula is C9H4ClFO2. The largest absolute Gasteiger partial charge is 0.452 e. The first-order valence-corrected chi connectivity index (χ1v) is 3.93. The van der Waals surface area contributed by atoms with Gasteiger partial charge in [0.05, 0.1) is 5.02 Å². The van der Waals surface area contributed by atoms with Crippen molar-refractivity contribution in [3.63, 3.8) is 0 Å². The van der Waals surface area contributed by atoms with Crippen molar-refractivity contribution in [1.29, 1.82) is 0 Å². The van der Waals surface area contributed by atoms with Crippen LogP contribution >= 0.6 is 11.6 Å². The van der Waals surface area contributed by atoms with Crippen molar-refractivity contribution in [2.75, 3.05) is 0 Å². The number of carbonyl (C=O) groups is 1. The molecule has 0 amide bonds. The molecule has 0 fully saturated rings. The smallest absolute Gasteiger partial charge is 0.186 e. The molecule has 0 spiro atoms. The average molecular weight is 199 g/mol. The van der Waals surface area contributed by atoms with Gasteiger partial charge in [0.1, 0.15) is 11.4 Å². The molecule has 0 aliphatic heterocycles. The van der Waals surface area contributed by atoms with Crippen LogP contribution in [-0.2, 0) is 0 Å². The van der Waals surface area contributed by atoms with Crippen LogP contribution in [0.1, 0.15) is 10.6 Å². The quantitative estimate of drug-likeness (QED) is 0.660. The van der Waals surface area contributed by atoms with E-state index in [0.29, 0.717) is 17.3 Å². The third-order valence-electron chi connectivity index (χ3n) is 1.72. The molecule has 2 nitrogen and oxygen atoms in total. The monoisotopic (exact) mass is 198 g/mol. The summed E-state index contributed by atoms with van der Waals surface area (Å²) < 4.78 is 17.8. The number of carbonyl (C=O) groups excluding carboxylic acids is 1. The zero-order chi connectivity index (χ0) is 9.42. The molecule has 0 aliphatic carbocycles. The maximum absolute atomic E-state index is 12.7. The molecule has 0 saturated heterocycles. The van der Waals surface area contributed by atoms with Crippen LogP contribution in [0, 0.1) is 5.82 Å². The average Bonchev–Trinajstić information content (AvgIpc) is 2.44. The number of fused-ring (bicyclic) bond motifs is 1. The summed E-state index contributed by atoms with van der Waals surface area (Å²) in [5, 5.41) is 0.577. The molecule has 0 atom stereocenters. The molecule has 2 rings (SSSR count). The van der Waals surface area contributed by atoms with E-state index in [0.717, 1.165) is 0 Å². The molecule has 0 aliphatic rings. The van der Waals surface area contributed by atoms with Gasteiger partial charge in [0.25, 0.3) is 0 Å². The number of aldehydes is 1. The molecule has 66 valence electrons. The van der Waals surface area contributed by atoms with Crippen LogP contribution in [-0.4, -0.2) is 6.29 Å².